The first-order valence-corrected chi connectivity index (χ1v) is 8.14. The minimum Gasteiger partial charge on any atom is -0.472 e. The molecule has 1 aromatic heterocycles. The molecule has 0 unspecified atom stereocenters. The summed E-state index contributed by atoms with van der Waals surface area (Å²) in [7, 11) is 0. The van der Waals surface area contributed by atoms with Gasteiger partial charge >= 0.3 is 6.18 Å². The Balaban J connectivity index is 1.57. The highest BCUT2D eigenvalue weighted by atomic mass is 19.4. The highest BCUT2D eigenvalue weighted by Crippen LogP contribution is 2.31. The Morgan fingerprint density at radius 1 is 1.15 bits per heavy atom. The Bertz CT molecular complexity index is 779. The number of nitrogens with one attached hydrogen (secondary N) is 1. The molecule has 3 rings (SSSR count). The van der Waals surface area contributed by atoms with Crippen LogP contribution >= 0.6 is 0 Å². The average molecular weight is 366 g/mol. The lowest BCUT2D eigenvalue weighted by Crippen LogP contribution is -2.41. The van der Waals surface area contributed by atoms with Crippen LogP contribution < -0.4 is 5.32 Å². The Hall–Kier alpha value is -2.77. The molecule has 1 fully saturated rings. The molecular weight excluding hydrogens is 349 g/mol. The summed E-state index contributed by atoms with van der Waals surface area (Å²) in [6.45, 7) is 0.815. The summed E-state index contributed by atoms with van der Waals surface area (Å²) < 4.78 is 43.1. The molecule has 138 valence electrons. The van der Waals surface area contributed by atoms with E-state index >= 15 is 0 Å². The number of alkyl halides is 3. The minimum absolute atomic E-state index is 0.113. The fourth-order valence-corrected chi connectivity index (χ4v) is 2.93. The summed E-state index contributed by atoms with van der Waals surface area (Å²) in [6, 6.07) is 6.12. The second kappa shape index (κ2) is 7.23. The molecule has 0 saturated carbocycles. The SMILES string of the molecule is O=C(Nc1cccc(C(F)(F)F)c1)C1CCN(C(=O)c2ccoc2)CC1. The van der Waals surface area contributed by atoms with E-state index in [-0.39, 0.29) is 23.4 Å². The van der Waals surface area contributed by atoms with E-state index in [0.29, 0.717) is 31.5 Å². The van der Waals surface area contributed by atoms with E-state index in [0.717, 1.165) is 12.1 Å². The monoisotopic (exact) mass is 366 g/mol. The largest absolute Gasteiger partial charge is 0.472 e. The molecule has 0 radical (unpaired) electrons. The summed E-state index contributed by atoms with van der Waals surface area (Å²) in [5.41, 5.74) is -0.241. The lowest BCUT2D eigenvalue weighted by atomic mass is 9.95. The number of amides is 2. The van der Waals surface area contributed by atoms with Gasteiger partial charge in [-0.3, -0.25) is 9.59 Å². The standard InChI is InChI=1S/C18H17F3N2O3/c19-18(20,21)14-2-1-3-15(10-14)22-16(24)12-4-7-23(8-5-12)17(25)13-6-9-26-11-13/h1-3,6,9-12H,4-5,7-8H2,(H,22,24). The third-order valence-corrected chi connectivity index (χ3v) is 4.38. The molecule has 2 amide bonds. The number of carbonyl (C=O) groups is 2. The summed E-state index contributed by atoms with van der Waals surface area (Å²) >= 11 is 0. The molecule has 0 atom stereocenters. The second-order valence-electron chi connectivity index (χ2n) is 6.15. The van der Waals surface area contributed by atoms with Crippen molar-refractivity contribution < 1.29 is 27.2 Å². The highest BCUT2D eigenvalue weighted by molar-refractivity contribution is 5.95. The van der Waals surface area contributed by atoms with Gasteiger partial charge < -0.3 is 14.6 Å². The molecule has 2 aromatic rings. The lowest BCUT2D eigenvalue weighted by molar-refractivity contribution is -0.137. The van der Waals surface area contributed by atoms with Gasteiger partial charge in [0.05, 0.1) is 17.4 Å². The van der Waals surface area contributed by atoms with Crippen LogP contribution in [0.5, 0.6) is 0 Å². The van der Waals surface area contributed by atoms with E-state index in [1.165, 1.54) is 24.7 Å². The van der Waals surface area contributed by atoms with Gasteiger partial charge in [-0.25, -0.2) is 0 Å². The molecule has 0 bridgehead atoms. The van der Waals surface area contributed by atoms with Crippen LogP contribution in [0.3, 0.4) is 0 Å². The zero-order chi connectivity index (χ0) is 18.7. The van der Waals surface area contributed by atoms with Crippen LogP contribution in [-0.4, -0.2) is 29.8 Å². The van der Waals surface area contributed by atoms with Crippen molar-refractivity contribution in [1.82, 2.24) is 4.90 Å². The Kier molecular flexibility index (Phi) is 5.01. The fraction of sp³-hybridized carbons (Fsp3) is 0.333. The van der Waals surface area contributed by atoms with Crippen molar-refractivity contribution in [2.75, 3.05) is 18.4 Å². The molecule has 2 heterocycles. The number of furan rings is 1. The number of carbonyl (C=O) groups excluding carboxylic acids is 2. The molecular formula is C18H17F3N2O3. The van der Waals surface area contributed by atoms with E-state index in [9.17, 15) is 22.8 Å². The van der Waals surface area contributed by atoms with Crippen LogP contribution in [0.2, 0.25) is 0 Å². The number of piperidine rings is 1. The first-order valence-electron chi connectivity index (χ1n) is 8.14. The molecule has 1 N–H and O–H groups in total. The molecule has 1 saturated heterocycles. The predicted octanol–water partition coefficient (Wildman–Crippen LogP) is 3.79. The van der Waals surface area contributed by atoms with Crippen LogP contribution in [0, 0.1) is 5.92 Å². The number of benzene rings is 1. The number of anilines is 1. The molecule has 0 aliphatic carbocycles. The van der Waals surface area contributed by atoms with Crippen molar-refractivity contribution in [3.8, 4) is 0 Å². The second-order valence-corrected chi connectivity index (χ2v) is 6.15. The fourth-order valence-electron chi connectivity index (χ4n) is 2.93. The van der Waals surface area contributed by atoms with Crippen molar-refractivity contribution in [1.29, 1.82) is 0 Å². The summed E-state index contributed by atoms with van der Waals surface area (Å²) in [6.07, 6.45) is -0.764. The maximum Gasteiger partial charge on any atom is 0.416 e. The quantitative estimate of drug-likeness (QED) is 0.899. The van der Waals surface area contributed by atoms with Crippen LogP contribution in [0.25, 0.3) is 0 Å². The smallest absolute Gasteiger partial charge is 0.416 e. The van der Waals surface area contributed by atoms with Gasteiger partial charge in [-0.2, -0.15) is 13.2 Å². The minimum atomic E-state index is -4.46. The van der Waals surface area contributed by atoms with Gasteiger partial charge in [-0.15, -0.1) is 0 Å². The van der Waals surface area contributed by atoms with Gasteiger partial charge in [0, 0.05) is 24.7 Å². The van der Waals surface area contributed by atoms with E-state index in [4.69, 9.17) is 4.42 Å². The van der Waals surface area contributed by atoms with Gasteiger partial charge in [0.25, 0.3) is 5.91 Å². The molecule has 0 spiro atoms. The predicted molar refractivity (Wildman–Crippen MR) is 87.4 cm³/mol. The molecule has 1 aliphatic heterocycles. The molecule has 1 aromatic carbocycles. The van der Waals surface area contributed by atoms with Crippen molar-refractivity contribution in [3.63, 3.8) is 0 Å². The normalized spacial score (nSPS) is 15.7. The number of rotatable bonds is 3. The van der Waals surface area contributed by atoms with E-state index in [1.54, 1.807) is 11.0 Å². The zero-order valence-electron chi connectivity index (χ0n) is 13.8. The van der Waals surface area contributed by atoms with Crippen molar-refractivity contribution in [2.45, 2.75) is 19.0 Å². The maximum absolute atomic E-state index is 12.7. The number of hydrogen-bond donors (Lipinski definition) is 1. The Labute approximate surface area is 147 Å². The summed E-state index contributed by atoms with van der Waals surface area (Å²) in [5.74, 6) is -0.840. The van der Waals surface area contributed by atoms with Crippen LogP contribution in [0.15, 0.2) is 47.3 Å². The first-order chi connectivity index (χ1) is 12.3. The maximum atomic E-state index is 12.7. The number of hydrogen-bond acceptors (Lipinski definition) is 3. The lowest BCUT2D eigenvalue weighted by Gasteiger charge is -2.31. The summed E-state index contributed by atoms with van der Waals surface area (Å²) in [5, 5.41) is 2.54. The molecule has 1 aliphatic rings. The summed E-state index contributed by atoms with van der Waals surface area (Å²) in [4.78, 5) is 26.2. The average Bonchev–Trinajstić information content (AvgIpc) is 3.15. The first kappa shape index (κ1) is 18.0. The van der Waals surface area contributed by atoms with Gasteiger partial charge in [-0.05, 0) is 37.1 Å². The van der Waals surface area contributed by atoms with Gasteiger partial charge in [0.15, 0.2) is 0 Å². The van der Waals surface area contributed by atoms with Gasteiger partial charge in [0.1, 0.15) is 6.26 Å². The zero-order valence-corrected chi connectivity index (χ0v) is 13.8. The Morgan fingerprint density at radius 2 is 1.88 bits per heavy atom. The van der Waals surface area contributed by atoms with Crippen molar-refractivity contribution in [2.24, 2.45) is 5.92 Å². The highest BCUT2D eigenvalue weighted by Gasteiger charge is 2.31. The molecule has 5 nitrogen and oxygen atoms in total. The van der Waals surface area contributed by atoms with Gasteiger partial charge in [-0.1, -0.05) is 6.07 Å². The number of nitrogens with zero attached hydrogens (tertiary/aromatic N) is 1. The topological polar surface area (TPSA) is 62.6 Å². The number of likely N-dealkylation sites (tertiary alicyclic amines) is 1. The third kappa shape index (κ3) is 4.07. The molecule has 8 heteroatoms. The van der Waals surface area contributed by atoms with Crippen LogP contribution in [0.4, 0.5) is 18.9 Å². The third-order valence-electron chi connectivity index (χ3n) is 4.38. The molecule has 26 heavy (non-hydrogen) atoms. The van der Waals surface area contributed by atoms with Crippen LogP contribution in [0.1, 0.15) is 28.8 Å². The van der Waals surface area contributed by atoms with Crippen LogP contribution in [-0.2, 0) is 11.0 Å². The van der Waals surface area contributed by atoms with Crippen molar-refractivity contribution >= 4 is 17.5 Å². The van der Waals surface area contributed by atoms with E-state index < -0.39 is 11.7 Å². The Morgan fingerprint density at radius 3 is 2.50 bits per heavy atom. The van der Waals surface area contributed by atoms with Crippen molar-refractivity contribution in [3.05, 3.63) is 54.0 Å². The number of halogens is 3. The van der Waals surface area contributed by atoms with Gasteiger partial charge in [0.2, 0.25) is 5.91 Å². The van der Waals surface area contributed by atoms with E-state index in [2.05, 4.69) is 5.32 Å². The van der Waals surface area contributed by atoms with E-state index in [1.807, 2.05) is 0 Å².